The van der Waals surface area contributed by atoms with Gasteiger partial charge in [-0.1, -0.05) is 6.07 Å². The summed E-state index contributed by atoms with van der Waals surface area (Å²) in [6.45, 7) is 0.205. The Balaban J connectivity index is 1.65. The van der Waals surface area contributed by atoms with E-state index in [-0.39, 0.29) is 12.2 Å². The second kappa shape index (κ2) is 6.27. The molecule has 134 valence electrons. The molecule has 7 nitrogen and oxygen atoms in total. The van der Waals surface area contributed by atoms with Crippen LogP contribution in [0.1, 0.15) is 6.42 Å². The number of carbonyl (C=O) groups is 1. The molecule has 1 aromatic carbocycles. The Kier molecular flexibility index (Phi) is 4.06. The molecule has 3 aromatic rings. The minimum Gasteiger partial charge on any atom is -0.358 e. The lowest BCUT2D eigenvalue weighted by molar-refractivity contribution is -0.117. The number of benzene rings is 1. The summed E-state index contributed by atoms with van der Waals surface area (Å²) >= 11 is 3.35. The van der Waals surface area contributed by atoms with Gasteiger partial charge in [0.1, 0.15) is 40.1 Å². The Labute approximate surface area is 155 Å². The molecular weight excluding hydrogens is 410 g/mol. The molecule has 10 heteroatoms. The van der Waals surface area contributed by atoms with Gasteiger partial charge in [0.05, 0.1) is 5.39 Å². The predicted octanol–water partition coefficient (Wildman–Crippen LogP) is 2.62. The lowest BCUT2D eigenvalue weighted by Gasteiger charge is -2.18. The Morgan fingerprint density at radius 1 is 1.27 bits per heavy atom. The van der Waals surface area contributed by atoms with Crippen LogP contribution in [-0.2, 0) is 11.8 Å². The number of anilines is 2. The fraction of sp³-hybridized carbons (Fsp3) is 0.250. The van der Waals surface area contributed by atoms with Gasteiger partial charge in [0, 0.05) is 13.6 Å². The number of para-hydroxylation sites is 1. The molecule has 0 saturated carbocycles. The van der Waals surface area contributed by atoms with Gasteiger partial charge >= 0.3 is 0 Å². The topological polar surface area (TPSA) is 75.9 Å². The molecule has 1 fully saturated rings. The third kappa shape index (κ3) is 2.61. The predicted molar refractivity (Wildman–Crippen MR) is 94.7 cm³/mol. The van der Waals surface area contributed by atoms with Crippen LogP contribution >= 0.6 is 15.9 Å². The van der Waals surface area contributed by atoms with Crippen molar-refractivity contribution in [3.8, 4) is 0 Å². The minimum atomic E-state index is -0.765. The monoisotopic (exact) mass is 422 g/mol. The van der Waals surface area contributed by atoms with Gasteiger partial charge in [0.25, 0.3) is 0 Å². The molecular formula is C16H13BrF2N6O. The summed E-state index contributed by atoms with van der Waals surface area (Å²) in [4.78, 5) is 22.2. The molecule has 26 heavy (non-hydrogen) atoms. The minimum absolute atomic E-state index is 0.205. The fourth-order valence-corrected chi connectivity index (χ4v) is 3.70. The molecule has 1 aliphatic heterocycles. The van der Waals surface area contributed by atoms with E-state index in [1.807, 2.05) is 0 Å². The number of hydrogen-bond acceptors (Lipinski definition) is 5. The van der Waals surface area contributed by atoms with Crippen molar-refractivity contribution in [3.63, 3.8) is 0 Å². The second-order valence-electron chi connectivity index (χ2n) is 5.88. The smallest absolute Gasteiger partial charge is 0.249 e. The molecule has 1 N–H and O–H groups in total. The van der Waals surface area contributed by atoms with E-state index < -0.39 is 23.6 Å². The van der Waals surface area contributed by atoms with E-state index in [2.05, 4.69) is 36.3 Å². The number of hydrogen-bond donors (Lipinski definition) is 1. The number of aryl methyl sites for hydroxylation is 1. The Morgan fingerprint density at radius 2 is 2.00 bits per heavy atom. The van der Waals surface area contributed by atoms with E-state index >= 15 is 0 Å². The lowest BCUT2D eigenvalue weighted by atomic mass is 10.2. The molecule has 1 unspecified atom stereocenters. The van der Waals surface area contributed by atoms with Crippen LogP contribution < -0.4 is 10.2 Å². The maximum atomic E-state index is 14.0. The molecule has 0 aliphatic carbocycles. The number of rotatable bonds is 3. The third-order valence-corrected chi connectivity index (χ3v) is 4.86. The number of halogens is 3. The first-order valence-corrected chi connectivity index (χ1v) is 8.62. The lowest BCUT2D eigenvalue weighted by Crippen LogP contribution is -2.34. The van der Waals surface area contributed by atoms with Crippen LogP contribution in [-0.4, -0.2) is 38.2 Å². The fourth-order valence-electron chi connectivity index (χ4n) is 3.10. The first-order valence-electron chi connectivity index (χ1n) is 7.82. The number of fused-ring (bicyclic) bond motifs is 1. The van der Waals surface area contributed by atoms with Gasteiger partial charge in [-0.25, -0.2) is 23.4 Å². The maximum Gasteiger partial charge on any atom is 0.249 e. The molecule has 1 saturated heterocycles. The standard InChI is InChI=1S/C16H13BrF2N6O/c1-24-15-11(13(17)23-24)14(20-7-21-15)22-10-5-6-25(16(10)26)12-8(18)3-2-4-9(12)19/h2-4,7,10H,5-6H2,1H3,(H,20,21,22). The second-order valence-corrected chi connectivity index (χ2v) is 6.63. The van der Waals surface area contributed by atoms with Crippen LogP contribution in [0, 0.1) is 11.6 Å². The zero-order valence-corrected chi connectivity index (χ0v) is 15.2. The highest BCUT2D eigenvalue weighted by molar-refractivity contribution is 9.10. The number of aromatic nitrogens is 4. The molecule has 0 bridgehead atoms. The maximum absolute atomic E-state index is 14.0. The van der Waals surface area contributed by atoms with Crippen LogP contribution in [0.3, 0.4) is 0 Å². The zero-order valence-electron chi connectivity index (χ0n) is 13.6. The van der Waals surface area contributed by atoms with Crippen LogP contribution in [0.25, 0.3) is 11.0 Å². The van der Waals surface area contributed by atoms with E-state index in [0.29, 0.717) is 27.9 Å². The third-order valence-electron chi connectivity index (χ3n) is 4.30. The summed E-state index contributed by atoms with van der Waals surface area (Å²) in [6, 6.07) is 2.88. The average Bonchev–Trinajstić information content (AvgIpc) is 3.09. The van der Waals surface area contributed by atoms with E-state index in [4.69, 9.17) is 0 Å². The molecule has 1 amide bonds. The Hall–Kier alpha value is -2.62. The van der Waals surface area contributed by atoms with E-state index in [1.54, 1.807) is 11.7 Å². The molecule has 3 heterocycles. The summed E-state index contributed by atoms with van der Waals surface area (Å²) in [7, 11) is 1.74. The van der Waals surface area contributed by atoms with Crippen LogP contribution in [0.15, 0.2) is 29.1 Å². The van der Waals surface area contributed by atoms with E-state index in [1.165, 1.54) is 12.4 Å². The SMILES string of the molecule is Cn1nc(Br)c2c(NC3CCN(c4c(F)cccc4F)C3=O)ncnc21. The number of carbonyl (C=O) groups excluding carboxylic acids is 1. The van der Waals surface area contributed by atoms with Crippen molar-refractivity contribution in [1.82, 2.24) is 19.7 Å². The van der Waals surface area contributed by atoms with Gasteiger partial charge in [0.2, 0.25) is 5.91 Å². The van der Waals surface area contributed by atoms with Crippen molar-refractivity contribution in [1.29, 1.82) is 0 Å². The van der Waals surface area contributed by atoms with Crippen LogP contribution in [0.2, 0.25) is 0 Å². The van der Waals surface area contributed by atoms with Gasteiger partial charge in [0.15, 0.2) is 5.65 Å². The highest BCUT2D eigenvalue weighted by Crippen LogP contribution is 2.31. The molecule has 0 radical (unpaired) electrons. The molecule has 1 aliphatic rings. The molecule has 2 aromatic heterocycles. The molecule has 1 atom stereocenters. The summed E-state index contributed by atoms with van der Waals surface area (Å²) in [5.74, 6) is -1.51. The summed E-state index contributed by atoms with van der Waals surface area (Å²) in [6.07, 6.45) is 1.75. The first-order chi connectivity index (χ1) is 12.5. The normalized spacial score (nSPS) is 17.3. The number of nitrogens with zero attached hydrogens (tertiary/aromatic N) is 5. The number of nitrogens with one attached hydrogen (secondary N) is 1. The van der Waals surface area contributed by atoms with Crippen LogP contribution in [0.4, 0.5) is 20.3 Å². The molecule has 4 rings (SSSR count). The van der Waals surface area contributed by atoms with Crippen LogP contribution in [0.5, 0.6) is 0 Å². The molecule has 0 spiro atoms. The highest BCUT2D eigenvalue weighted by Gasteiger charge is 2.36. The average molecular weight is 423 g/mol. The zero-order chi connectivity index (χ0) is 18.4. The largest absolute Gasteiger partial charge is 0.358 e. The number of amides is 1. The quantitative estimate of drug-likeness (QED) is 0.701. The van der Waals surface area contributed by atoms with Gasteiger partial charge in [-0.2, -0.15) is 5.10 Å². The van der Waals surface area contributed by atoms with Crippen molar-refractivity contribution in [2.24, 2.45) is 7.05 Å². The summed E-state index contributed by atoms with van der Waals surface area (Å²) in [5.41, 5.74) is 0.272. The Bertz CT molecular complexity index is 1000. The van der Waals surface area contributed by atoms with Crippen molar-refractivity contribution in [2.45, 2.75) is 12.5 Å². The van der Waals surface area contributed by atoms with E-state index in [9.17, 15) is 13.6 Å². The Morgan fingerprint density at radius 3 is 2.73 bits per heavy atom. The van der Waals surface area contributed by atoms with Crippen molar-refractivity contribution in [3.05, 3.63) is 40.8 Å². The van der Waals surface area contributed by atoms with Crippen molar-refractivity contribution >= 4 is 44.4 Å². The van der Waals surface area contributed by atoms with E-state index in [0.717, 1.165) is 17.0 Å². The summed E-state index contributed by atoms with van der Waals surface area (Å²) in [5, 5.41) is 7.92. The van der Waals surface area contributed by atoms with Crippen molar-refractivity contribution in [2.75, 3.05) is 16.8 Å². The highest BCUT2D eigenvalue weighted by atomic mass is 79.9. The van der Waals surface area contributed by atoms with Gasteiger partial charge in [-0.3, -0.25) is 4.79 Å². The summed E-state index contributed by atoms with van der Waals surface area (Å²) < 4.78 is 30.1. The first kappa shape index (κ1) is 16.8. The van der Waals surface area contributed by atoms with Gasteiger partial charge < -0.3 is 10.2 Å². The van der Waals surface area contributed by atoms with Gasteiger partial charge in [-0.15, -0.1) is 0 Å². The van der Waals surface area contributed by atoms with Gasteiger partial charge in [-0.05, 0) is 34.5 Å². The van der Waals surface area contributed by atoms with Crippen molar-refractivity contribution < 1.29 is 13.6 Å².